The third-order valence-electron chi connectivity index (χ3n) is 5.64. The second kappa shape index (κ2) is 8.23. The third-order valence-corrected chi connectivity index (χ3v) is 5.64. The largest absolute Gasteiger partial charge is 0.494 e. The summed E-state index contributed by atoms with van der Waals surface area (Å²) in [4.78, 5) is 44.1. The zero-order valence-electron chi connectivity index (χ0n) is 17.4. The van der Waals surface area contributed by atoms with E-state index < -0.39 is 11.9 Å². The zero-order chi connectivity index (χ0) is 22.9. The number of hydrogen-bond acceptors (Lipinski definition) is 6. The molecule has 166 valence electrons. The lowest BCUT2D eigenvalue weighted by atomic mass is 10.1. The molecule has 33 heavy (non-hydrogen) atoms. The van der Waals surface area contributed by atoms with Gasteiger partial charge in [0.25, 0.3) is 0 Å². The first-order valence-electron chi connectivity index (χ1n) is 10.4. The molecule has 4 amide bonds. The quantitative estimate of drug-likeness (QED) is 0.357. The second-order valence-corrected chi connectivity index (χ2v) is 7.85. The third kappa shape index (κ3) is 4.05. The van der Waals surface area contributed by atoms with Gasteiger partial charge in [0.2, 0.25) is 11.8 Å². The van der Waals surface area contributed by atoms with E-state index in [1.165, 1.54) is 10.9 Å². The highest BCUT2D eigenvalue weighted by Crippen LogP contribution is 2.33. The first-order valence-corrected chi connectivity index (χ1v) is 10.4. The Morgan fingerprint density at radius 2 is 2.06 bits per heavy atom. The highest BCUT2D eigenvalue weighted by Gasteiger charge is 2.30. The Labute approximate surface area is 187 Å². The molecule has 1 atom stereocenters. The van der Waals surface area contributed by atoms with Crippen molar-refractivity contribution in [1.82, 2.24) is 25.2 Å². The van der Waals surface area contributed by atoms with Crippen LogP contribution in [0.25, 0.3) is 21.7 Å². The van der Waals surface area contributed by atoms with Crippen molar-refractivity contribution in [2.75, 3.05) is 5.32 Å². The number of hydrogen-bond donors (Lipinski definition) is 4. The van der Waals surface area contributed by atoms with E-state index >= 15 is 0 Å². The highest BCUT2D eigenvalue weighted by molar-refractivity contribution is 6.00. The SMILES string of the molecule is O=C1CCC(n2cc3cc(CNC(=O)Nc4ccc5cncnc5c4)ccc3c2O)C(=O)N1. The first-order chi connectivity index (χ1) is 16.0. The molecule has 3 heterocycles. The van der Waals surface area contributed by atoms with Gasteiger partial charge in [0.15, 0.2) is 5.88 Å². The number of fused-ring (bicyclic) bond motifs is 2. The molecule has 10 nitrogen and oxygen atoms in total. The lowest BCUT2D eigenvalue weighted by molar-refractivity contribution is -0.135. The minimum absolute atomic E-state index is 0.0307. The van der Waals surface area contributed by atoms with Crippen molar-refractivity contribution in [3.05, 3.63) is 60.7 Å². The lowest BCUT2D eigenvalue weighted by Gasteiger charge is -2.22. The Morgan fingerprint density at radius 3 is 2.91 bits per heavy atom. The van der Waals surface area contributed by atoms with Gasteiger partial charge in [-0.05, 0) is 42.3 Å². The number of aromatic hydroxyl groups is 1. The molecule has 0 radical (unpaired) electrons. The monoisotopic (exact) mass is 444 g/mol. The summed E-state index contributed by atoms with van der Waals surface area (Å²) in [6.07, 6.45) is 5.39. The van der Waals surface area contributed by atoms with Gasteiger partial charge in [-0.3, -0.25) is 14.9 Å². The molecule has 1 fully saturated rings. The maximum Gasteiger partial charge on any atom is 0.319 e. The van der Waals surface area contributed by atoms with E-state index in [2.05, 4.69) is 25.9 Å². The van der Waals surface area contributed by atoms with Crippen molar-refractivity contribution in [2.45, 2.75) is 25.4 Å². The van der Waals surface area contributed by atoms with Crippen LogP contribution >= 0.6 is 0 Å². The predicted molar refractivity (Wildman–Crippen MR) is 120 cm³/mol. The maximum atomic E-state index is 12.3. The normalized spacial score (nSPS) is 16.1. The Morgan fingerprint density at radius 1 is 1.18 bits per heavy atom. The zero-order valence-corrected chi connectivity index (χ0v) is 17.4. The van der Waals surface area contributed by atoms with Crippen molar-refractivity contribution in [2.24, 2.45) is 0 Å². The van der Waals surface area contributed by atoms with Crippen molar-refractivity contribution in [3.63, 3.8) is 0 Å². The molecule has 1 saturated heterocycles. The molecular formula is C23H20N6O4. The van der Waals surface area contributed by atoms with Crippen LogP contribution in [-0.4, -0.2) is 37.5 Å². The minimum atomic E-state index is -0.644. The fourth-order valence-corrected chi connectivity index (χ4v) is 3.98. The molecule has 0 aliphatic carbocycles. The number of carbonyl (C=O) groups excluding carboxylic acids is 3. The van der Waals surface area contributed by atoms with E-state index in [4.69, 9.17) is 0 Å². The van der Waals surface area contributed by atoms with Gasteiger partial charge in [-0.2, -0.15) is 0 Å². The van der Waals surface area contributed by atoms with Gasteiger partial charge in [0.05, 0.1) is 5.52 Å². The molecule has 1 aliphatic rings. The fraction of sp³-hybridized carbons (Fsp3) is 0.174. The molecular weight excluding hydrogens is 424 g/mol. The number of anilines is 1. The summed E-state index contributed by atoms with van der Waals surface area (Å²) >= 11 is 0. The smallest absolute Gasteiger partial charge is 0.319 e. The van der Waals surface area contributed by atoms with Crippen LogP contribution in [0.3, 0.4) is 0 Å². The van der Waals surface area contributed by atoms with Gasteiger partial charge in [-0.25, -0.2) is 14.8 Å². The molecule has 1 aliphatic heterocycles. The summed E-state index contributed by atoms with van der Waals surface area (Å²) in [6, 6.07) is 9.74. The Bertz CT molecular complexity index is 1410. The molecule has 4 aromatic rings. The summed E-state index contributed by atoms with van der Waals surface area (Å²) in [6.45, 7) is 0.266. The van der Waals surface area contributed by atoms with E-state index in [0.717, 1.165) is 21.9 Å². The molecule has 2 aromatic heterocycles. The predicted octanol–water partition coefficient (Wildman–Crippen LogP) is 2.59. The number of imide groups is 1. The summed E-state index contributed by atoms with van der Waals surface area (Å²) < 4.78 is 1.49. The Balaban J connectivity index is 1.27. The molecule has 1 unspecified atom stereocenters. The van der Waals surface area contributed by atoms with Crippen molar-refractivity contribution < 1.29 is 19.5 Å². The molecule has 0 saturated carbocycles. The van der Waals surface area contributed by atoms with E-state index in [1.807, 2.05) is 12.1 Å². The minimum Gasteiger partial charge on any atom is -0.494 e. The Hall–Kier alpha value is -4.47. The number of urea groups is 1. The van der Waals surface area contributed by atoms with E-state index in [1.54, 1.807) is 36.7 Å². The number of nitrogens with zero attached hydrogens (tertiary/aromatic N) is 3. The number of carbonyl (C=O) groups is 3. The summed E-state index contributed by atoms with van der Waals surface area (Å²) in [5.41, 5.74) is 2.17. The number of aromatic nitrogens is 3. The van der Waals surface area contributed by atoms with Gasteiger partial charge < -0.3 is 20.3 Å². The highest BCUT2D eigenvalue weighted by atomic mass is 16.3. The maximum absolute atomic E-state index is 12.3. The lowest BCUT2D eigenvalue weighted by Crippen LogP contribution is -2.41. The number of piperidine rings is 1. The molecule has 0 bridgehead atoms. The number of rotatable bonds is 4. The molecule has 0 spiro atoms. The second-order valence-electron chi connectivity index (χ2n) is 7.85. The fourth-order valence-electron chi connectivity index (χ4n) is 3.98. The van der Waals surface area contributed by atoms with Gasteiger partial charge >= 0.3 is 6.03 Å². The van der Waals surface area contributed by atoms with Crippen molar-refractivity contribution in [1.29, 1.82) is 0 Å². The topological polar surface area (TPSA) is 138 Å². The molecule has 4 N–H and O–H groups in total. The van der Waals surface area contributed by atoms with Crippen LogP contribution in [0.5, 0.6) is 5.88 Å². The summed E-state index contributed by atoms with van der Waals surface area (Å²) in [5, 5.41) is 20.7. The van der Waals surface area contributed by atoms with Gasteiger partial charge in [-0.1, -0.05) is 6.07 Å². The van der Waals surface area contributed by atoms with Crippen LogP contribution in [-0.2, 0) is 16.1 Å². The van der Waals surface area contributed by atoms with Crippen LogP contribution in [0.1, 0.15) is 24.4 Å². The summed E-state index contributed by atoms with van der Waals surface area (Å²) in [7, 11) is 0. The van der Waals surface area contributed by atoms with Gasteiger partial charge in [0, 0.05) is 47.2 Å². The van der Waals surface area contributed by atoms with Crippen LogP contribution in [0.15, 0.2) is 55.1 Å². The number of amides is 4. The van der Waals surface area contributed by atoms with E-state index in [0.29, 0.717) is 17.5 Å². The van der Waals surface area contributed by atoms with Crippen LogP contribution < -0.4 is 16.0 Å². The van der Waals surface area contributed by atoms with Crippen molar-refractivity contribution >= 4 is 45.2 Å². The standard InChI is InChI=1S/C23H20N6O4/c30-20-6-5-19(21(31)28-20)29-11-15-7-13(1-4-17(15)22(29)32)9-25-23(33)27-16-3-2-14-10-24-12-26-18(14)8-16/h1-4,7-8,10-12,19,32H,5-6,9H2,(H2,25,27,33)(H,28,30,31). The van der Waals surface area contributed by atoms with Crippen LogP contribution in [0.4, 0.5) is 10.5 Å². The number of benzene rings is 2. The van der Waals surface area contributed by atoms with Crippen LogP contribution in [0.2, 0.25) is 0 Å². The molecule has 10 heteroatoms. The van der Waals surface area contributed by atoms with Crippen molar-refractivity contribution in [3.8, 4) is 5.88 Å². The average Bonchev–Trinajstić information content (AvgIpc) is 3.13. The van der Waals surface area contributed by atoms with Gasteiger partial charge in [0.1, 0.15) is 12.4 Å². The Kier molecular flexibility index (Phi) is 5.09. The number of nitrogens with one attached hydrogen (secondary N) is 3. The molecule has 2 aromatic carbocycles. The van der Waals surface area contributed by atoms with Crippen LogP contribution in [0, 0.1) is 0 Å². The molecule has 5 rings (SSSR count). The van der Waals surface area contributed by atoms with E-state index in [9.17, 15) is 19.5 Å². The average molecular weight is 444 g/mol. The summed E-state index contributed by atoms with van der Waals surface area (Å²) in [5.74, 6) is -0.770. The van der Waals surface area contributed by atoms with Gasteiger partial charge in [-0.15, -0.1) is 0 Å². The first kappa shape index (κ1) is 20.4. The van der Waals surface area contributed by atoms with E-state index in [-0.39, 0.29) is 30.8 Å².